The molecule has 4 rings (SSSR count). The fourth-order valence-corrected chi connectivity index (χ4v) is 3.28. The maximum Gasteiger partial charge on any atom is 0.416 e. The Balaban J connectivity index is 1.82. The van der Waals surface area contributed by atoms with Crippen LogP contribution in [0.4, 0.5) is 19.0 Å². The van der Waals surface area contributed by atoms with Gasteiger partial charge in [0.1, 0.15) is 5.82 Å². The number of benzene rings is 2. The number of anilines is 1. The molecular weight excluding hydrogens is 429 g/mol. The van der Waals surface area contributed by atoms with Crippen molar-refractivity contribution in [3.63, 3.8) is 0 Å². The minimum Gasteiger partial charge on any atom is -0.373 e. The predicted molar refractivity (Wildman–Crippen MR) is 121 cm³/mol. The first-order valence-corrected chi connectivity index (χ1v) is 10.2. The molecule has 2 aromatic carbocycles. The average molecular weight is 450 g/mol. The molecule has 0 saturated carbocycles. The van der Waals surface area contributed by atoms with Gasteiger partial charge in [-0.25, -0.2) is 4.98 Å². The quantitative estimate of drug-likeness (QED) is 0.357. The second kappa shape index (κ2) is 8.90. The molecule has 168 valence electrons. The SMILES string of the molecule is CNc1ccc(-c2noc(/C(=C/c3ccc(C)c(C)c3)c3cccc(C(F)(F)F)c3)n2)cn1. The lowest BCUT2D eigenvalue weighted by molar-refractivity contribution is -0.137. The van der Waals surface area contributed by atoms with Crippen LogP contribution in [0.3, 0.4) is 0 Å². The molecule has 5 nitrogen and oxygen atoms in total. The van der Waals surface area contributed by atoms with Crippen molar-refractivity contribution >= 4 is 17.5 Å². The van der Waals surface area contributed by atoms with Crippen LogP contribution in [-0.4, -0.2) is 22.2 Å². The fraction of sp³-hybridized carbons (Fsp3) is 0.160. The van der Waals surface area contributed by atoms with Gasteiger partial charge in [-0.2, -0.15) is 18.2 Å². The van der Waals surface area contributed by atoms with Crippen LogP contribution in [0.5, 0.6) is 0 Å². The Morgan fingerprint density at radius 1 is 1.00 bits per heavy atom. The summed E-state index contributed by atoms with van der Waals surface area (Å²) in [6, 6.07) is 14.4. The Hall–Kier alpha value is -3.94. The Labute approximate surface area is 189 Å². The van der Waals surface area contributed by atoms with Gasteiger partial charge in [-0.1, -0.05) is 35.5 Å². The van der Waals surface area contributed by atoms with E-state index in [0.29, 0.717) is 22.5 Å². The summed E-state index contributed by atoms with van der Waals surface area (Å²) in [6.45, 7) is 3.97. The molecule has 2 aromatic heterocycles. The van der Waals surface area contributed by atoms with Crippen LogP contribution in [0.1, 0.15) is 33.7 Å². The highest BCUT2D eigenvalue weighted by atomic mass is 19.4. The van der Waals surface area contributed by atoms with Crippen LogP contribution in [-0.2, 0) is 6.18 Å². The van der Waals surface area contributed by atoms with Gasteiger partial charge in [-0.3, -0.25) is 0 Å². The number of aromatic nitrogens is 3. The molecule has 0 radical (unpaired) electrons. The number of nitrogens with one attached hydrogen (secondary N) is 1. The van der Waals surface area contributed by atoms with Crippen LogP contribution in [0.2, 0.25) is 0 Å². The largest absolute Gasteiger partial charge is 0.416 e. The number of pyridine rings is 1. The normalized spacial score (nSPS) is 12.1. The Bertz CT molecular complexity index is 1310. The lowest BCUT2D eigenvalue weighted by atomic mass is 9.98. The molecule has 1 N–H and O–H groups in total. The van der Waals surface area contributed by atoms with Crippen molar-refractivity contribution in [2.45, 2.75) is 20.0 Å². The van der Waals surface area contributed by atoms with E-state index in [1.54, 1.807) is 37.5 Å². The Morgan fingerprint density at radius 3 is 2.48 bits per heavy atom. The van der Waals surface area contributed by atoms with Crippen molar-refractivity contribution in [3.8, 4) is 11.4 Å². The van der Waals surface area contributed by atoms with Gasteiger partial charge < -0.3 is 9.84 Å². The number of hydrogen-bond donors (Lipinski definition) is 1. The van der Waals surface area contributed by atoms with Crippen molar-refractivity contribution in [1.29, 1.82) is 0 Å². The lowest BCUT2D eigenvalue weighted by Gasteiger charge is -2.10. The number of hydrogen-bond acceptors (Lipinski definition) is 5. The first kappa shape index (κ1) is 22.3. The molecule has 0 fully saturated rings. The molecule has 2 heterocycles. The van der Waals surface area contributed by atoms with Crippen molar-refractivity contribution in [1.82, 2.24) is 15.1 Å². The number of alkyl halides is 3. The molecule has 0 aliphatic carbocycles. The summed E-state index contributed by atoms with van der Waals surface area (Å²) in [6.07, 6.45) is -1.12. The summed E-state index contributed by atoms with van der Waals surface area (Å²) in [5, 5.41) is 6.95. The van der Waals surface area contributed by atoms with Crippen LogP contribution in [0, 0.1) is 13.8 Å². The molecule has 33 heavy (non-hydrogen) atoms. The fourth-order valence-electron chi connectivity index (χ4n) is 3.28. The molecular formula is C25H21F3N4O. The highest BCUT2D eigenvalue weighted by Gasteiger charge is 2.31. The minimum absolute atomic E-state index is 0.111. The van der Waals surface area contributed by atoms with Gasteiger partial charge in [-0.15, -0.1) is 0 Å². The van der Waals surface area contributed by atoms with Crippen molar-refractivity contribution in [2.75, 3.05) is 12.4 Å². The second-order valence-corrected chi connectivity index (χ2v) is 7.59. The van der Waals surface area contributed by atoms with Crippen LogP contribution in [0.25, 0.3) is 23.0 Å². The molecule has 0 atom stereocenters. The average Bonchev–Trinajstić information content (AvgIpc) is 3.29. The van der Waals surface area contributed by atoms with Crippen molar-refractivity contribution in [3.05, 3.63) is 94.5 Å². The van der Waals surface area contributed by atoms with E-state index in [1.807, 2.05) is 32.0 Å². The third-order valence-corrected chi connectivity index (χ3v) is 5.28. The van der Waals surface area contributed by atoms with Crippen LogP contribution >= 0.6 is 0 Å². The highest BCUT2D eigenvalue weighted by molar-refractivity contribution is 5.89. The standard InChI is InChI=1S/C25H21F3N4O/c1-15-7-8-17(11-16(15)2)12-21(18-5-4-6-20(13-18)25(26,27)28)24-31-23(32-33-24)19-9-10-22(29-3)30-14-19/h4-14H,1-3H3,(H,29,30)/b21-12+. The summed E-state index contributed by atoms with van der Waals surface area (Å²) in [5.74, 6) is 1.08. The van der Waals surface area contributed by atoms with E-state index in [0.717, 1.165) is 28.8 Å². The van der Waals surface area contributed by atoms with Gasteiger partial charge in [0.05, 0.1) is 5.56 Å². The third-order valence-electron chi connectivity index (χ3n) is 5.28. The van der Waals surface area contributed by atoms with Crippen LogP contribution < -0.4 is 5.32 Å². The van der Waals surface area contributed by atoms with E-state index in [2.05, 4.69) is 20.4 Å². The van der Waals surface area contributed by atoms with E-state index in [9.17, 15) is 13.2 Å². The summed E-state index contributed by atoms with van der Waals surface area (Å²) in [5.41, 5.74) is 3.57. The zero-order chi connectivity index (χ0) is 23.6. The maximum atomic E-state index is 13.4. The number of halogens is 3. The Morgan fingerprint density at radius 2 is 1.82 bits per heavy atom. The molecule has 4 aromatic rings. The monoisotopic (exact) mass is 450 g/mol. The first-order valence-electron chi connectivity index (χ1n) is 10.2. The number of aryl methyl sites for hydroxylation is 2. The smallest absolute Gasteiger partial charge is 0.373 e. The first-order chi connectivity index (χ1) is 15.7. The van der Waals surface area contributed by atoms with Gasteiger partial charge in [0.25, 0.3) is 5.89 Å². The maximum absolute atomic E-state index is 13.4. The van der Waals surface area contributed by atoms with Gasteiger partial charge in [0.15, 0.2) is 0 Å². The van der Waals surface area contributed by atoms with Gasteiger partial charge in [0, 0.05) is 24.4 Å². The van der Waals surface area contributed by atoms with E-state index >= 15 is 0 Å². The summed E-state index contributed by atoms with van der Waals surface area (Å²) in [7, 11) is 1.76. The van der Waals surface area contributed by atoms with E-state index in [1.165, 1.54) is 6.07 Å². The molecule has 0 unspecified atom stereocenters. The van der Waals surface area contributed by atoms with E-state index in [-0.39, 0.29) is 11.7 Å². The summed E-state index contributed by atoms with van der Waals surface area (Å²) >= 11 is 0. The van der Waals surface area contributed by atoms with E-state index < -0.39 is 11.7 Å². The molecule has 8 heteroatoms. The van der Waals surface area contributed by atoms with Crippen LogP contribution in [0.15, 0.2) is 65.3 Å². The third kappa shape index (κ3) is 4.95. The zero-order valence-corrected chi connectivity index (χ0v) is 18.2. The van der Waals surface area contributed by atoms with Gasteiger partial charge >= 0.3 is 6.18 Å². The number of nitrogens with zero attached hydrogens (tertiary/aromatic N) is 3. The highest BCUT2D eigenvalue weighted by Crippen LogP contribution is 2.33. The summed E-state index contributed by atoms with van der Waals surface area (Å²) < 4.78 is 45.6. The molecule has 0 bridgehead atoms. The van der Waals surface area contributed by atoms with E-state index in [4.69, 9.17) is 4.52 Å². The minimum atomic E-state index is -4.47. The molecule has 0 saturated heterocycles. The zero-order valence-electron chi connectivity index (χ0n) is 18.2. The molecule has 0 spiro atoms. The molecule has 0 aliphatic rings. The second-order valence-electron chi connectivity index (χ2n) is 7.59. The Kier molecular flexibility index (Phi) is 6.00. The topological polar surface area (TPSA) is 63.8 Å². The van der Waals surface area contributed by atoms with Gasteiger partial charge in [0.2, 0.25) is 5.82 Å². The molecule has 0 amide bonds. The lowest BCUT2D eigenvalue weighted by Crippen LogP contribution is -2.05. The van der Waals surface area contributed by atoms with Crippen molar-refractivity contribution in [2.24, 2.45) is 0 Å². The van der Waals surface area contributed by atoms with Gasteiger partial charge in [-0.05, 0) is 66.4 Å². The summed E-state index contributed by atoms with van der Waals surface area (Å²) in [4.78, 5) is 8.69. The van der Waals surface area contributed by atoms with Crippen molar-refractivity contribution < 1.29 is 17.7 Å². The predicted octanol–water partition coefficient (Wildman–Crippen LogP) is 6.40. The molecule has 0 aliphatic heterocycles. The number of rotatable bonds is 5.